The molecule has 3 heteroatoms. The molecule has 1 fully saturated rings. The highest BCUT2D eigenvalue weighted by molar-refractivity contribution is 5.81. The smallest absolute Gasteiger partial charge is 0.237 e. The van der Waals surface area contributed by atoms with Crippen LogP contribution >= 0.6 is 0 Å². The van der Waals surface area contributed by atoms with Gasteiger partial charge in [-0.1, -0.05) is 40.5 Å². The summed E-state index contributed by atoms with van der Waals surface area (Å²) in [7, 11) is 0. The van der Waals surface area contributed by atoms with Gasteiger partial charge in [0.05, 0.1) is 6.04 Å². The van der Waals surface area contributed by atoms with Crippen molar-refractivity contribution in [1.82, 2.24) is 10.6 Å². The summed E-state index contributed by atoms with van der Waals surface area (Å²) in [6.45, 7) is 10.9. The third-order valence-electron chi connectivity index (χ3n) is 4.87. The molecule has 1 aliphatic rings. The van der Waals surface area contributed by atoms with Crippen LogP contribution in [-0.4, -0.2) is 24.0 Å². The van der Waals surface area contributed by atoms with Crippen LogP contribution in [0.1, 0.15) is 73.1 Å². The van der Waals surface area contributed by atoms with Crippen LogP contribution in [0.5, 0.6) is 0 Å². The lowest BCUT2D eigenvalue weighted by atomic mass is 9.77. The fourth-order valence-corrected chi connectivity index (χ4v) is 3.38. The number of rotatable bonds is 7. The largest absolute Gasteiger partial charge is 0.352 e. The predicted molar refractivity (Wildman–Crippen MR) is 85.7 cm³/mol. The molecule has 0 saturated heterocycles. The molecule has 3 nitrogen and oxygen atoms in total. The van der Waals surface area contributed by atoms with E-state index >= 15 is 0 Å². The minimum atomic E-state index is -0.0834. The van der Waals surface area contributed by atoms with Crippen LogP contribution < -0.4 is 10.6 Å². The highest BCUT2D eigenvalue weighted by atomic mass is 16.2. The Bertz CT molecular complexity index is 287. The SMILES string of the molecule is CCC(CC)NC(=O)C(C)NC1CCCCC1C(C)C. The van der Waals surface area contributed by atoms with Crippen molar-refractivity contribution in [2.75, 3.05) is 0 Å². The Morgan fingerprint density at radius 3 is 2.25 bits per heavy atom. The molecule has 0 aromatic rings. The van der Waals surface area contributed by atoms with E-state index in [1.54, 1.807) is 0 Å². The van der Waals surface area contributed by atoms with E-state index in [1.807, 2.05) is 6.92 Å². The van der Waals surface area contributed by atoms with E-state index in [0.717, 1.165) is 12.8 Å². The monoisotopic (exact) mass is 282 g/mol. The van der Waals surface area contributed by atoms with Gasteiger partial charge in [0.15, 0.2) is 0 Å². The standard InChI is InChI=1S/C17H34N2O/c1-6-14(7-2)19-17(20)13(5)18-16-11-9-8-10-15(16)12(3)4/h12-16,18H,6-11H2,1-5H3,(H,19,20). The number of hydrogen-bond acceptors (Lipinski definition) is 2. The molecule has 1 rings (SSSR count). The molecule has 0 aliphatic heterocycles. The van der Waals surface area contributed by atoms with Crippen molar-refractivity contribution in [1.29, 1.82) is 0 Å². The van der Waals surface area contributed by atoms with Crippen LogP contribution in [0.4, 0.5) is 0 Å². The summed E-state index contributed by atoms with van der Waals surface area (Å²) >= 11 is 0. The van der Waals surface area contributed by atoms with Gasteiger partial charge in [0.1, 0.15) is 0 Å². The maximum atomic E-state index is 12.2. The maximum absolute atomic E-state index is 12.2. The van der Waals surface area contributed by atoms with Crippen LogP contribution in [0.2, 0.25) is 0 Å². The van der Waals surface area contributed by atoms with Gasteiger partial charge in [0.2, 0.25) is 5.91 Å². The average Bonchev–Trinajstić information content (AvgIpc) is 2.44. The Hall–Kier alpha value is -0.570. The minimum Gasteiger partial charge on any atom is -0.352 e. The van der Waals surface area contributed by atoms with Crippen molar-refractivity contribution in [3.05, 3.63) is 0 Å². The molecule has 0 aromatic carbocycles. The second-order valence-electron chi connectivity index (χ2n) is 6.71. The van der Waals surface area contributed by atoms with Crippen molar-refractivity contribution in [2.45, 2.75) is 91.3 Å². The third-order valence-corrected chi connectivity index (χ3v) is 4.87. The van der Waals surface area contributed by atoms with E-state index in [2.05, 4.69) is 38.3 Å². The molecule has 1 saturated carbocycles. The summed E-state index contributed by atoms with van der Waals surface area (Å²) < 4.78 is 0. The second-order valence-corrected chi connectivity index (χ2v) is 6.71. The van der Waals surface area contributed by atoms with Crippen LogP contribution in [0.15, 0.2) is 0 Å². The van der Waals surface area contributed by atoms with Crippen LogP contribution in [0, 0.1) is 11.8 Å². The minimum absolute atomic E-state index is 0.0834. The quantitative estimate of drug-likeness (QED) is 0.750. The van der Waals surface area contributed by atoms with Crippen molar-refractivity contribution in [3.63, 3.8) is 0 Å². The lowest BCUT2D eigenvalue weighted by Crippen LogP contribution is -2.52. The predicted octanol–water partition coefficient (Wildman–Crippen LogP) is 3.48. The zero-order valence-corrected chi connectivity index (χ0v) is 14.0. The molecule has 20 heavy (non-hydrogen) atoms. The van der Waals surface area contributed by atoms with E-state index in [-0.39, 0.29) is 11.9 Å². The Morgan fingerprint density at radius 1 is 1.10 bits per heavy atom. The van der Waals surface area contributed by atoms with Gasteiger partial charge in [0, 0.05) is 12.1 Å². The van der Waals surface area contributed by atoms with Crippen molar-refractivity contribution >= 4 is 5.91 Å². The summed E-state index contributed by atoms with van der Waals surface area (Å²) in [6, 6.07) is 0.741. The van der Waals surface area contributed by atoms with Crippen molar-refractivity contribution in [3.8, 4) is 0 Å². The Labute approximate surface area is 125 Å². The first-order valence-corrected chi connectivity index (χ1v) is 8.55. The Kier molecular flexibility index (Phi) is 7.57. The van der Waals surface area contributed by atoms with Crippen LogP contribution in [-0.2, 0) is 4.79 Å². The number of amides is 1. The summed E-state index contributed by atoms with van der Waals surface area (Å²) in [6.07, 6.45) is 7.17. The zero-order valence-electron chi connectivity index (χ0n) is 14.0. The molecule has 0 radical (unpaired) electrons. The van der Waals surface area contributed by atoms with Gasteiger partial charge < -0.3 is 10.6 Å². The summed E-state index contributed by atoms with van der Waals surface area (Å²) in [5.41, 5.74) is 0. The van der Waals surface area contributed by atoms with E-state index < -0.39 is 0 Å². The number of carbonyl (C=O) groups is 1. The topological polar surface area (TPSA) is 41.1 Å². The van der Waals surface area contributed by atoms with E-state index in [0.29, 0.717) is 23.9 Å². The number of hydrogen-bond donors (Lipinski definition) is 2. The van der Waals surface area contributed by atoms with Crippen LogP contribution in [0.25, 0.3) is 0 Å². The van der Waals surface area contributed by atoms with Crippen molar-refractivity contribution < 1.29 is 4.79 Å². The normalized spacial score (nSPS) is 24.9. The molecular weight excluding hydrogens is 248 g/mol. The van der Waals surface area contributed by atoms with E-state index in [4.69, 9.17) is 0 Å². The zero-order chi connectivity index (χ0) is 15.1. The molecule has 3 atom stereocenters. The third kappa shape index (κ3) is 5.08. The Balaban J connectivity index is 2.50. The Morgan fingerprint density at radius 2 is 1.70 bits per heavy atom. The van der Waals surface area contributed by atoms with Gasteiger partial charge in [-0.05, 0) is 44.4 Å². The van der Waals surface area contributed by atoms with Gasteiger partial charge in [-0.15, -0.1) is 0 Å². The molecule has 2 N–H and O–H groups in total. The summed E-state index contributed by atoms with van der Waals surface area (Å²) in [5.74, 6) is 1.57. The summed E-state index contributed by atoms with van der Waals surface area (Å²) in [5, 5.41) is 6.74. The second kappa shape index (κ2) is 8.66. The van der Waals surface area contributed by atoms with Gasteiger partial charge >= 0.3 is 0 Å². The molecule has 3 unspecified atom stereocenters. The maximum Gasteiger partial charge on any atom is 0.237 e. The lowest BCUT2D eigenvalue weighted by Gasteiger charge is -2.36. The molecular formula is C17H34N2O. The van der Waals surface area contributed by atoms with E-state index in [1.165, 1.54) is 25.7 Å². The van der Waals surface area contributed by atoms with Crippen molar-refractivity contribution in [2.24, 2.45) is 11.8 Å². The number of nitrogens with one attached hydrogen (secondary N) is 2. The molecule has 1 aliphatic carbocycles. The molecule has 0 heterocycles. The molecule has 0 aromatic heterocycles. The molecule has 0 spiro atoms. The van der Waals surface area contributed by atoms with Gasteiger partial charge in [-0.2, -0.15) is 0 Å². The fraction of sp³-hybridized carbons (Fsp3) is 0.941. The fourth-order valence-electron chi connectivity index (χ4n) is 3.38. The van der Waals surface area contributed by atoms with Gasteiger partial charge in [-0.3, -0.25) is 4.79 Å². The summed E-state index contributed by atoms with van der Waals surface area (Å²) in [4.78, 5) is 12.2. The lowest BCUT2D eigenvalue weighted by molar-refractivity contribution is -0.123. The first-order valence-electron chi connectivity index (χ1n) is 8.55. The molecule has 0 bridgehead atoms. The molecule has 118 valence electrons. The van der Waals surface area contributed by atoms with E-state index in [9.17, 15) is 4.79 Å². The first-order chi connectivity index (χ1) is 9.49. The van der Waals surface area contributed by atoms with Crippen LogP contribution in [0.3, 0.4) is 0 Å². The highest BCUT2D eigenvalue weighted by Crippen LogP contribution is 2.30. The highest BCUT2D eigenvalue weighted by Gasteiger charge is 2.29. The molecule has 1 amide bonds. The number of carbonyl (C=O) groups excluding carboxylic acids is 1. The van der Waals surface area contributed by atoms with Gasteiger partial charge in [0.25, 0.3) is 0 Å². The average molecular weight is 282 g/mol. The first kappa shape index (κ1) is 17.5. The van der Waals surface area contributed by atoms with Gasteiger partial charge in [-0.25, -0.2) is 0 Å².